The molecule has 0 atom stereocenters. The third-order valence-electron chi connectivity index (χ3n) is 1.73. The largest absolute Gasteiger partial charge is 0.342 e. The summed E-state index contributed by atoms with van der Waals surface area (Å²) in [7, 11) is -3.54. The van der Waals surface area contributed by atoms with E-state index in [1.807, 2.05) is 0 Å². The predicted molar refractivity (Wildman–Crippen MR) is 49.1 cm³/mol. The lowest BCUT2D eigenvalue weighted by Crippen LogP contribution is -2.16. The standard InChI is InChI=1S/C7H7N3O2S/c1-5-7-6(2-3-8-5)4-9-13(11,12)10-7/h2-4,10H,1H3. The highest BCUT2D eigenvalue weighted by molar-refractivity contribution is 7.91. The summed E-state index contributed by atoms with van der Waals surface area (Å²) in [6, 6.07) is 1.70. The molecule has 0 amide bonds. The lowest BCUT2D eigenvalue weighted by atomic mass is 10.2. The van der Waals surface area contributed by atoms with Crippen LogP contribution in [0.3, 0.4) is 0 Å². The fourth-order valence-electron chi connectivity index (χ4n) is 1.11. The summed E-state index contributed by atoms with van der Waals surface area (Å²) in [4.78, 5) is 3.97. The van der Waals surface area contributed by atoms with Crippen LogP contribution in [0.2, 0.25) is 0 Å². The molecule has 6 heteroatoms. The molecular formula is C7H7N3O2S. The molecule has 13 heavy (non-hydrogen) atoms. The summed E-state index contributed by atoms with van der Waals surface area (Å²) in [6.07, 6.45) is 2.93. The maximum atomic E-state index is 11.0. The van der Waals surface area contributed by atoms with Crippen LogP contribution in [-0.2, 0) is 10.2 Å². The van der Waals surface area contributed by atoms with Crippen molar-refractivity contribution in [3.05, 3.63) is 23.5 Å². The van der Waals surface area contributed by atoms with Gasteiger partial charge < -0.3 is 0 Å². The van der Waals surface area contributed by atoms with Crippen LogP contribution in [0.15, 0.2) is 16.7 Å². The average molecular weight is 197 g/mol. The zero-order valence-corrected chi connectivity index (χ0v) is 7.67. The number of nitrogens with one attached hydrogen (secondary N) is 1. The Labute approximate surface area is 75.7 Å². The first-order valence-corrected chi connectivity index (χ1v) is 5.06. The minimum atomic E-state index is -3.54. The number of hydrogen-bond acceptors (Lipinski definition) is 3. The quantitative estimate of drug-likeness (QED) is 0.657. The SMILES string of the molecule is Cc1nccc2c1NS(=O)(=O)N=C2. The normalized spacial score (nSPS) is 17.6. The molecule has 0 unspecified atom stereocenters. The Kier molecular flexibility index (Phi) is 1.59. The van der Waals surface area contributed by atoms with Crippen molar-refractivity contribution in [3.63, 3.8) is 0 Å². The van der Waals surface area contributed by atoms with Crippen molar-refractivity contribution in [3.8, 4) is 0 Å². The van der Waals surface area contributed by atoms with E-state index in [0.29, 0.717) is 11.4 Å². The molecule has 0 saturated heterocycles. The Morgan fingerprint density at radius 2 is 2.23 bits per heavy atom. The summed E-state index contributed by atoms with van der Waals surface area (Å²) in [6.45, 7) is 1.74. The third kappa shape index (κ3) is 1.40. The van der Waals surface area contributed by atoms with Crippen molar-refractivity contribution in [1.29, 1.82) is 0 Å². The van der Waals surface area contributed by atoms with Gasteiger partial charge in [-0.2, -0.15) is 12.8 Å². The Balaban J connectivity index is 2.67. The van der Waals surface area contributed by atoms with Gasteiger partial charge in [0.15, 0.2) is 0 Å². The minimum absolute atomic E-state index is 0.512. The number of hydrogen-bond donors (Lipinski definition) is 1. The molecule has 0 saturated carbocycles. The maximum Gasteiger partial charge on any atom is 0.342 e. The molecule has 1 N–H and O–H groups in total. The van der Waals surface area contributed by atoms with Crippen LogP contribution in [0, 0.1) is 6.92 Å². The Bertz CT molecular complexity index is 479. The number of aryl methyl sites for hydroxylation is 1. The number of anilines is 1. The molecule has 0 fully saturated rings. The summed E-state index contributed by atoms with van der Waals surface area (Å²) < 4.78 is 27.7. The fourth-order valence-corrected chi connectivity index (χ4v) is 1.94. The maximum absolute atomic E-state index is 11.0. The lowest BCUT2D eigenvalue weighted by Gasteiger charge is -2.13. The zero-order chi connectivity index (χ0) is 9.47. The van der Waals surface area contributed by atoms with Gasteiger partial charge in [0.25, 0.3) is 0 Å². The minimum Gasteiger partial charge on any atom is -0.263 e. The number of rotatable bonds is 0. The van der Waals surface area contributed by atoms with E-state index in [2.05, 4.69) is 14.1 Å². The lowest BCUT2D eigenvalue weighted by molar-refractivity contribution is 0.603. The first kappa shape index (κ1) is 8.18. The molecule has 0 bridgehead atoms. The van der Waals surface area contributed by atoms with Crippen molar-refractivity contribution in [2.24, 2.45) is 4.40 Å². The summed E-state index contributed by atoms with van der Waals surface area (Å²) in [5, 5.41) is 0. The Morgan fingerprint density at radius 1 is 1.46 bits per heavy atom. The van der Waals surface area contributed by atoms with Gasteiger partial charge in [0.1, 0.15) is 0 Å². The number of nitrogens with zero attached hydrogens (tertiary/aromatic N) is 2. The molecule has 68 valence electrons. The molecule has 5 nitrogen and oxygen atoms in total. The average Bonchev–Trinajstić information content (AvgIpc) is 2.06. The molecule has 0 aromatic carbocycles. The van der Waals surface area contributed by atoms with Crippen molar-refractivity contribution >= 4 is 22.1 Å². The topological polar surface area (TPSA) is 71.4 Å². The molecule has 1 aromatic rings. The van der Waals surface area contributed by atoms with Crippen LogP contribution in [0.1, 0.15) is 11.3 Å². The highest BCUT2D eigenvalue weighted by Crippen LogP contribution is 2.21. The van der Waals surface area contributed by atoms with Crippen LogP contribution in [0.5, 0.6) is 0 Å². The van der Waals surface area contributed by atoms with E-state index in [1.165, 1.54) is 6.21 Å². The van der Waals surface area contributed by atoms with Crippen LogP contribution in [0.25, 0.3) is 0 Å². The van der Waals surface area contributed by atoms with Crippen molar-refractivity contribution < 1.29 is 8.42 Å². The number of pyridine rings is 1. The second-order valence-electron chi connectivity index (χ2n) is 2.67. The second kappa shape index (κ2) is 2.53. The molecule has 2 rings (SSSR count). The highest BCUT2D eigenvalue weighted by atomic mass is 32.2. The predicted octanol–water partition coefficient (Wildman–Crippen LogP) is 0.479. The molecule has 0 radical (unpaired) electrons. The Hall–Kier alpha value is -1.43. The monoisotopic (exact) mass is 197 g/mol. The molecule has 1 aromatic heterocycles. The van der Waals surface area contributed by atoms with Gasteiger partial charge in [-0.15, -0.1) is 0 Å². The van der Waals surface area contributed by atoms with Crippen molar-refractivity contribution in [2.75, 3.05) is 4.72 Å². The summed E-state index contributed by atoms with van der Waals surface area (Å²) in [5.74, 6) is 0. The van der Waals surface area contributed by atoms with Crippen LogP contribution in [0.4, 0.5) is 5.69 Å². The van der Waals surface area contributed by atoms with Crippen molar-refractivity contribution in [1.82, 2.24) is 4.98 Å². The fraction of sp³-hybridized carbons (Fsp3) is 0.143. The zero-order valence-electron chi connectivity index (χ0n) is 6.85. The van der Waals surface area contributed by atoms with E-state index in [1.54, 1.807) is 19.2 Å². The van der Waals surface area contributed by atoms with Gasteiger partial charge in [-0.05, 0) is 13.0 Å². The van der Waals surface area contributed by atoms with Gasteiger partial charge in [-0.3, -0.25) is 9.71 Å². The highest BCUT2D eigenvalue weighted by Gasteiger charge is 2.17. The first-order chi connectivity index (χ1) is 6.08. The summed E-state index contributed by atoms with van der Waals surface area (Å²) in [5.41, 5.74) is 1.90. The molecule has 2 heterocycles. The van der Waals surface area contributed by atoms with E-state index in [0.717, 1.165) is 5.56 Å². The van der Waals surface area contributed by atoms with E-state index < -0.39 is 10.2 Å². The molecular weight excluding hydrogens is 190 g/mol. The van der Waals surface area contributed by atoms with Gasteiger partial charge in [0.05, 0.1) is 17.6 Å². The summed E-state index contributed by atoms with van der Waals surface area (Å²) >= 11 is 0. The molecule has 1 aliphatic rings. The van der Waals surface area contributed by atoms with Gasteiger partial charge in [-0.1, -0.05) is 0 Å². The molecule has 0 spiro atoms. The second-order valence-corrected chi connectivity index (χ2v) is 4.04. The van der Waals surface area contributed by atoms with Crippen molar-refractivity contribution in [2.45, 2.75) is 6.92 Å². The van der Waals surface area contributed by atoms with Gasteiger partial charge in [0.2, 0.25) is 0 Å². The first-order valence-electron chi connectivity index (χ1n) is 3.62. The van der Waals surface area contributed by atoms with Crippen LogP contribution >= 0.6 is 0 Å². The van der Waals surface area contributed by atoms with E-state index in [-0.39, 0.29) is 0 Å². The smallest absolute Gasteiger partial charge is 0.263 e. The van der Waals surface area contributed by atoms with Crippen LogP contribution < -0.4 is 4.72 Å². The van der Waals surface area contributed by atoms with Gasteiger partial charge >= 0.3 is 10.2 Å². The van der Waals surface area contributed by atoms with Gasteiger partial charge in [-0.25, -0.2) is 0 Å². The number of fused-ring (bicyclic) bond motifs is 1. The van der Waals surface area contributed by atoms with Crippen LogP contribution in [-0.4, -0.2) is 19.6 Å². The van der Waals surface area contributed by atoms with Gasteiger partial charge in [0, 0.05) is 11.8 Å². The van der Waals surface area contributed by atoms with E-state index >= 15 is 0 Å². The molecule has 1 aliphatic heterocycles. The van der Waals surface area contributed by atoms with E-state index in [4.69, 9.17) is 0 Å². The molecule has 0 aliphatic carbocycles. The van der Waals surface area contributed by atoms with E-state index in [9.17, 15) is 8.42 Å². The Morgan fingerprint density at radius 3 is 3.00 bits per heavy atom. The third-order valence-corrected chi connectivity index (χ3v) is 2.58. The number of aromatic nitrogens is 1.